The quantitative estimate of drug-likeness (QED) is 0.323. The fourth-order valence-corrected chi connectivity index (χ4v) is 6.87. The number of rotatable bonds is 8. The maximum atomic E-state index is 12.4. The van der Waals surface area contributed by atoms with E-state index in [4.69, 9.17) is 0 Å². The molecule has 0 bridgehead atoms. The molecule has 1 saturated heterocycles. The van der Waals surface area contributed by atoms with E-state index in [9.17, 15) is 13.2 Å². The average Bonchev–Trinajstić information content (AvgIpc) is 3.49. The molecule has 3 aromatic heterocycles. The highest BCUT2D eigenvalue weighted by Gasteiger charge is 2.30. The van der Waals surface area contributed by atoms with Crippen LogP contribution in [0.25, 0.3) is 4.96 Å². The molecule has 1 aliphatic rings. The number of hydrogen-bond acceptors (Lipinski definition) is 8. The van der Waals surface area contributed by atoms with Gasteiger partial charge in [-0.05, 0) is 24.8 Å². The first-order valence-electron chi connectivity index (χ1n) is 11.4. The molecule has 0 saturated carbocycles. The molecule has 0 radical (unpaired) electrons. The van der Waals surface area contributed by atoms with Crippen LogP contribution in [0.3, 0.4) is 0 Å². The predicted molar refractivity (Wildman–Crippen MR) is 137 cm³/mol. The maximum absolute atomic E-state index is 12.4. The lowest BCUT2D eigenvalue weighted by molar-refractivity contribution is 0.305. The minimum atomic E-state index is -3.26. The van der Waals surface area contributed by atoms with E-state index in [0.717, 1.165) is 30.2 Å². The number of aryl methyl sites for hydroxylation is 1. The Hall–Kier alpha value is -2.54. The molecule has 1 unspecified atom stereocenters. The van der Waals surface area contributed by atoms with Crippen LogP contribution in [0.5, 0.6) is 0 Å². The number of thioether (sulfide) groups is 1. The van der Waals surface area contributed by atoms with Crippen LogP contribution < -0.4 is 5.56 Å². The Morgan fingerprint density at radius 2 is 2.03 bits per heavy atom. The minimum absolute atomic E-state index is 0.0127. The Morgan fingerprint density at radius 3 is 2.83 bits per heavy atom. The predicted octanol–water partition coefficient (Wildman–Crippen LogP) is 3.02. The van der Waals surface area contributed by atoms with E-state index in [-0.39, 0.29) is 11.5 Å². The summed E-state index contributed by atoms with van der Waals surface area (Å²) in [6.07, 6.45) is 5.45. The van der Waals surface area contributed by atoms with E-state index in [1.807, 2.05) is 23.6 Å². The van der Waals surface area contributed by atoms with E-state index in [0.29, 0.717) is 36.0 Å². The first kappa shape index (κ1) is 24.2. The van der Waals surface area contributed by atoms with Gasteiger partial charge in [0.15, 0.2) is 10.1 Å². The van der Waals surface area contributed by atoms with Crippen molar-refractivity contribution in [3.05, 3.63) is 75.4 Å². The molecule has 4 aromatic rings. The smallest absolute Gasteiger partial charge is 0.258 e. The van der Waals surface area contributed by atoms with Crippen LogP contribution in [-0.2, 0) is 28.7 Å². The Morgan fingerprint density at radius 1 is 1.20 bits per heavy atom. The second-order valence-corrected chi connectivity index (χ2v) is 12.4. The lowest BCUT2D eigenvalue weighted by atomic mass is 9.98. The zero-order chi connectivity index (χ0) is 24.4. The van der Waals surface area contributed by atoms with Gasteiger partial charge in [0.05, 0.1) is 11.9 Å². The van der Waals surface area contributed by atoms with Crippen molar-refractivity contribution in [2.24, 2.45) is 0 Å². The molecule has 5 rings (SSSR count). The van der Waals surface area contributed by atoms with Crippen molar-refractivity contribution in [2.75, 3.05) is 19.3 Å². The van der Waals surface area contributed by atoms with Crippen molar-refractivity contribution in [3.63, 3.8) is 0 Å². The van der Waals surface area contributed by atoms with Crippen LogP contribution in [0.2, 0.25) is 0 Å². The van der Waals surface area contributed by atoms with E-state index < -0.39 is 10.0 Å². The fourth-order valence-electron chi connectivity index (χ4n) is 4.36. The first-order valence-corrected chi connectivity index (χ1v) is 15.1. The van der Waals surface area contributed by atoms with E-state index >= 15 is 0 Å². The van der Waals surface area contributed by atoms with Crippen LogP contribution in [-0.4, -0.2) is 56.2 Å². The molecular weight excluding hydrogens is 504 g/mol. The number of nitrogens with zero attached hydrogens (tertiary/aromatic N) is 6. The molecule has 12 heteroatoms. The van der Waals surface area contributed by atoms with Crippen LogP contribution in [0.1, 0.15) is 35.8 Å². The third-order valence-electron chi connectivity index (χ3n) is 6.14. The molecule has 0 spiro atoms. The number of piperidine rings is 1. The van der Waals surface area contributed by atoms with Gasteiger partial charge in [0.2, 0.25) is 10.0 Å². The average molecular weight is 531 g/mol. The Labute approximate surface area is 211 Å². The summed E-state index contributed by atoms with van der Waals surface area (Å²) in [6.45, 7) is 1.64. The van der Waals surface area contributed by atoms with Gasteiger partial charge in [0, 0.05) is 48.9 Å². The summed E-state index contributed by atoms with van der Waals surface area (Å²) in [6, 6.07) is 11.8. The summed E-state index contributed by atoms with van der Waals surface area (Å²) in [7, 11) is -3.26. The third-order valence-corrected chi connectivity index (χ3v) is 9.16. The molecule has 4 heterocycles. The van der Waals surface area contributed by atoms with Gasteiger partial charge in [-0.15, -0.1) is 21.5 Å². The van der Waals surface area contributed by atoms with Gasteiger partial charge in [-0.2, -0.15) is 0 Å². The summed E-state index contributed by atoms with van der Waals surface area (Å²) >= 11 is 2.92. The second-order valence-electron chi connectivity index (χ2n) is 8.62. The molecule has 184 valence electrons. The van der Waals surface area contributed by atoms with Gasteiger partial charge in [-0.1, -0.05) is 42.1 Å². The first-order chi connectivity index (χ1) is 16.9. The van der Waals surface area contributed by atoms with Crippen molar-refractivity contribution < 1.29 is 8.42 Å². The molecule has 35 heavy (non-hydrogen) atoms. The zero-order valence-corrected chi connectivity index (χ0v) is 21.7. The molecule has 1 atom stereocenters. The molecular formula is C23H26N6O3S3. The van der Waals surface area contributed by atoms with Crippen molar-refractivity contribution in [1.82, 2.24) is 28.5 Å². The molecule has 1 aliphatic heterocycles. The Balaban J connectivity index is 1.41. The van der Waals surface area contributed by atoms with E-state index in [2.05, 4.69) is 31.9 Å². The van der Waals surface area contributed by atoms with Crippen LogP contribution in [0.4, 0.5) is 0 Å². The van der Waals surface area contributed by atoms with Crippen molar-refractivity contribution in [1.29, 1.82) is 0 Å². The van der Waals surface area contributed by atoms with Crippen molar-refractivity contribution in [3.8, 4) is 0 Å². The zero-order valence-electron chi connectivity index (χ0n) is 19.3. The summed E-state index contributed by atoms with van der Waals surface area (Å²) < 4.78 is 29.5. The van der Waals surface area contributed by atoms with Gasteiger partial charge in [0.25, 0.3) is 5.56 Å². The summed E-state index contributed by atoms with van der Waals surface area (Å²) in [5, 5.41) is 11.6. The lowest BCUT2D eigenvalue weighted by Crippen LogP contribution is -2.39. The summed E-state index contributed by atoms with van der Waals surface area (Å²) in [5.41, 5.74) is 1.81. The third kappa shape index (κ3) is 5.50. The Bertz CT molecular complexity index is 1480. The molecule has 1 aromatic carbocycles. The largest absolute Gasteiger partial charge is 0.305 e. The molecule has 1 fully saturated rings. The van der Waals surface area contributed by atoms with Gasteiger partial charge in [-0.25, -0.2) is 17.7 Å². The SMILES string of the molecule is CS(=O)(=O)N1CCCC(c2nnc(SCc3cc(=O)n4ccsc4n3)n2CCc2ccccc2)C1. The summed E-state index contributed by atoms with van der Waals surface area (Å²) in [4.78, 5) is 17.6. The molecule has 0 amide bonds. The number of benzene rings is 1. The Kier molecular flexibility index (Phi) is 7.05. The van der Waals surface area contributed by atoms with E-state index in [1.54, 1.807) is 12.3 Å². The van der Waals surface area contributed by atoms with Gasteiger partial charge >= 0.3 is 0 Å². The highest BCUT2D eigenvalue weighted by molar-refractivity contribution is 7.98. The number of thiazole rings is 1. The lowest BCUT2D eigenvalue weighted by Gasteiger charge is -2.30. The van der Waals surface area contributed by atoms with E-state index in [1.165, 1.54) is 43.6 Å². The number of aromatic nitrogens is 5. The van der Waals surface area contributed by atoms with Gasteiger partial charge in [0.1, 0.15) is 5.82 Å². The topological polar surface area (TPSA) is 102 Å². The van der Waals surface area contributed by atoms with Gasteiger partial charge < -0.3 is 4.57 Å². The van der Waals surface area contributed by atoms with Crippen LogP contribution in [0, 0.1) is 0 Å². The van der Waals surface area contributed by atoms with Crippen molar-refractivity contribution >= 4 is 38.1 Å². The van der Waals surface area contributed by atoms with Crippen LogP contribution in [0.15, 0.2) is 57.9 Å². The molecule has 0 N–H and O–H groups in total. The fraction of sp³-hybridized carbons (Fsp3) is 0.391. The van der Waals surface area contributed by atoms with Crippen LogP contribution >= 0.6 is 23.1 Å². The minimum Gasteiger partial charge on any atom is -0.305 e. The number of hydrogen-bond donors (Lipinski definition) is 0. The molecule has 0 aliphatic carbocycles. The summed E-state index contributed by atoms with van der Waals surface area (Å²) in [5.74, 6) is 1.30. The number of sulfonamides is 1. The standard InChI is InChI=1S/C23H26N6O3S3/c1-35(31,32)27-10-5-8-18(15-27)21-25-26-23(29(21)11-9-17-6-3-2-4-7-17)34-16-19-14-20(30)28-12-13-33-22(28)24-19/h2-4,6-7,12-14,18H,5,8-11,15-16H2,1H3. The maximum Gasteiger partial charge on any atom is 0.258 e. The number of fused-ring (bicyclic) bond motifs is 1. The molecule has 9 nitrogen and oxygen atoms in total. The van der Waals surface area contributed by atoms with Gasteiger partial charge in [-0.3, -0.25) is 9.20 Å². The monoisotopic (exact) mass is 530 g/mol. The normalized spacial score (nSPS) is 17.2. The van der Waals surface area contributed by atoms with Crippen molar-refractivity contribution in [2.45, 2.75) is 42.6 Å². The second kappa shape index (κ2) is 10.2. The highest BCUT2D eigenvalue weighted by Crippen LogP contribution is 2.30. The highest BCUT2D eigenvalue weighted by atomic mass is 32.2.